The van der Waals surface area contributed by atoms with Gasteiger partial charge in [-0.05, 0) is 38.1 Å². The average Bonchev–Trinajstić information content (AvgIpc) is 2.80. The van der Waals surface area contributed by atoms with Crippen molar-refractivity contribution in [3.63, 3.8) is 0 Å². The molecule has 0 saturated heterocycles. The van der Waals surface area contributed by atoms with E-state index in [1.54, 1.807) is 43.3 Å². The maximum atomic E-state index is 12.9. The van der Waals surface area contributed by atoms with Crippen molar-refractivity contribution in [2.75, 3.05) is 23.9 Å². The normalized spacial score (nSPS) is 15.9. The summed E-state index contributed by atoms with van der Waals surface area (Å²) in [7, 11) is 1.46. The highest BCUT2D eigenvalue weighted by Gasteiger charge is 2.30. The summed E-state index contributed by atoms with van der Waals surface area (Å²) in [5.74, 6) is -0.835. The number of anilines is 2. The van der Waals surface area contributed by atoms with E-state index in [0.29, 0.717) is 17.1 Å². The Morgan fingerprint density at radius 3 is 2.71 bits per heavy atom. The van der Waals surface area contributed by atoms with Gasteiger partial charge in [-0.2, -0.15) is 0 Å². The second-order valence-electron chi connectivity index (χ2n) is 6.66. The third-order valence-corrected chi connectivity index (χ3v) is 4.53. The molecule has 28 heavy (non-hydrogen) atoms. The van der Waals surface area contributed by atoms with Gasteiger partial charge in [0.2, 0.25) is 5.91 Å². The number of aryl methyl sites for hydroxylation is 1. The third kappa shape index (κ3) is 3.98. The lowest BCUT2D eigenvalue weighted by Crippen LogP contribution is -2.41. The van der Waals surface area contributed by atoms with Crippen LogP contribution in [0.5, 0.6) is 5.75 Å². The van der Waals surface area contributed by atoms with Gasteiger partial charge in [0.25, 0.3) is 5.91 Å². The molecule has 0 spiro atoms. The summed E-state index contributed by atoms with van der Waals surface area (Å²) >= 11 is 0. The zero-order valence-electron chi connectivity index (χ0n) is 16.0. The minimum absolute atomic E-state index is 0.153. The first kappa shape index (κ1) is 19.4. The maximum Gasteiger partial charge on any atom is 0.342 e. The van der Waals surface area contributed by atoms with Gasteiger partial charge in [0.15, 0.2) is 6.61 Å². The monoisotopic (exact) mass is 382 g/mol. The summed E-state index contributed by atoms with van der Waals surface area (Å²) in [5.41, 5.74) is 2.27. The van der Waals surface area contributed by atoms with Crippen LogP contribution < -0.4 is 15.0 Å². The average molecular weight is 382 g/mol. The van der Waals surface area contributed by atoms with E-state index in [9.17, 15) is 14.4 Å². The largest absolute Gasteiger partial charge is 0.496 e. The number of hydrogen-bond acceptors (Lipinski definition) is 5. The molecule has 0 unspecified atom stereocenters. The molecule has 0 aromatic heterocycles. The van der Waals surface area contributed by atoms with Crippen LogP contribution in [0.15, 0.2) is 42.5 Å². The zero-order valence-corrected chi connectivity index (χ0v) is 16.0. The van der Waals surface area contributed by atoms with E-state index in [0.717, 1.165) is 5.56 Å². The number of rotatable bonds is 4. The number of para-hydroxylation sites is 2. The van der Waals surface area contributed by atoms with Crippen molar-refractivity contribution in [1.82, 2.24) is 0 Å². The number of ether oxygens (including phenoxy) is 2. The van der Waals surface area contributed by atoms with Crippen molar-refractivity contribution in [3.8, 4) is 5.75 Å². The Balaban J connectivity index is 1.78. The number of hydrogen-bond donors (Lipinski definition) is 1. The van der Waals surface area contributed by atoms with E-state index in [-0.39, 0.29) is 23.9 Å². The molecule has 1 atom stereocenters. The van der Waals surface area contributed by atoms with Crippen LogP contribution in [-0.2, 0) is 14.3 Å². The molecule has 0 saturated carbocycles. The summed E-state index contributed by atoms with van der Waals surface area (Å²) in [6.45, 7) is 3.19. The van der Waals surface area contributed by atoms with E-state index in [1.807, 2.05) is 13.0 Å². The van der Waals surface area contributed by atoms with Gasteiger partial charge in [0.05, 0.1) is 18.5 Å². The Bertz CT molecular complexity index is 925. The van der Waals surface area contributed by atoms with E-state index < -0.39 is 18.5 Å². The van der Waals surface area contributed by atoms with Gasteiger partial charge in [0.1, 0.15) is 11.3 Å². The number of amides is 2. The zero-order chi connectivity index (χ0) is 20.3. The first-order valence-corrected chi connectivity index (χ1v) is 8.93. The predicted octanol–water partition coefficient (Wildman–Crippen LogP) is 2.92. The lowest BCUT2D eigenvalue weighted by molar-refractivity contribution is -0.122. The predicted molar refractivity (Wildman–Crippen MR) is 105 cm³/mol. The molecular formula is C21H22N2O5. The van der Waals surface area contributed by atoms with Crippen LogP contribution >= 0.6 is 0 Å². The summed E-state index contributed by atoms with van der Waals surface area (Å²) in [6.07, 6.45) is 0.153. The number of esters is 1. The molecule has 0 fully saturated rings. The van der Waals surface area contributed by atoms with E-state index in [1.165, 1.54) is 12.0 Å². The second kappa shape index (κ2) is 8.12. The minimum atomic E-state index is -0.640. The lowest BCUT2D eigenvalue weighted by Gasteiger charge is -2.27. The van der Waals surface area contributed by atoms with Crippen LogP contribution in [-0.4, -0.2) is 37.5 Å². The highest BCUT2D eigenvalue weighted by Crippen LogP contribution is 2.31. The van der Waals surface area contributed by atoms with Crippen LogP contribution in [0.4, 0.5) is 11.4 Å². The molecule has 0 aliphatic carbocycles. The molecule has 0 bridgehead atoms. The van der Waals surface area contributed by atoms with Crippen molar-refractivity contribution >= 4 is 29.2 Å². The van der Waals surface area contributed by atoms with Crippen molar-refractivity contribution in [2.24, 2.45) is 0 Å². The first-order valence-electron chi connectivity index (χ1n) is 8.93. The van der Waals surface area contributed by atoms with Crippen molar-refractivity contribution < 1.29 is 23.9 Å². The number of methoxy groups -OCH3 is 1. The molecule has 2 aromatic rings. The Kier molecular flexibility index (Phi) is 5.63. The van der Waals surface area contributed by atoms with Gasteiger partial charge in [-0.3, -0.25) is 9.59 Å². The number of carbonyl (C=O) groups excluding carboxylic acids is 3. The van der Waals surface area contributed by atoms with Gasteiger partial charge in [-0.1, -0.05) is 23.8 Å². The smallest absolute Gasteiger partial charge is 0.342 e. The fraction of sp³-hybridized carbons (Fsp3) is 0.286. The molecule has 1 N–H and O–H groups in total. The van der Waals surface area contributed by atoms with Gasteiger partial charge >= 0.3 is 5.97 Å². The Labute approximate surface area is 163 Å². The molecule has 1 heterocycles. The van der Waals surface area contributed by atoms with Crippen molar-refractivity contribution in [3.05, 3.63) is 53.6 Å². The fourth-order valence-corrected chi connectivity index (χ4v) is 3.22. The van der Waals surface area contributed by atoms with Crippen molar-refractivity contribution in [1.29, 1.82) is 0 Å². The number of fused-ring (bicyclic) bond motifs is 1. The summed E-state index contributed by atoms with van der Waals surface area (Å²) in [4.78, 5) is 38.9. The topological polar surface area (TPSA) is 84.9 Å². The Morgan fingerprint density at radius 2 is 1.96 bits per heavy atom. The minimum Gasteiger partial charge on any atom is -0.496 e. The third-order valence-electron chi connectivity index (χ3n) is 4.53. The van der Waals surface area contributed by atoms with Crippen LogP contribution in [0.3, 0.4) is 0 Å². The van der Waals surface area contributed by atoms with Crippen LogP contribution in [0, 0.1) is 6.92 Å². The molecule has 7 heteroatoms. The number of benzene rings is 2. The standard InChI is InChI=1S/C21H22N2O5/c1-13-8-9-18(27-3)15(10-13)21(26)28-12-20(25)23-14(2)11-19(24)22-16-6-4-5-7-17(16)23/h4-10,14H,11-12H2,1-3H3,(H,22,24)/t14-/m0/s1. The van der Waals surface area contributed by atoms with E-state index >= 15 is 0 Å². The van der Waals surface area contributed by atoms with Gasteiger partial charge in [0, 0.05) is 12.5 Å². The van der Waals surface area contributed by atoms with E-state index in [2.05, 4.69) is 5.32 Å². The molecule has 1 aliphatic heterocycles. The molecule has 146 valence electrons. The van der Waals surface area contributed by atoms with Gasteiger partial charge in [-0.25, -0.2) is 4.79 Å². The number of nitrogens with one attached hydrogen (secondary N) is 1. The summed E-state index contributed by atoms with van der Waals surface area (Å²) in [6, 6.07) is 11.8. The Morgan fingerprint density at radius 1 is 1.21 bits per heavy atom. The molecule has 0 radical (unpaired) electrons. The van der Waals surface area contributed by atoms with Crippen LogP contribution in [0.1, 0.15) is 29.3 Å². The highest BCUT2D eigenvalue weighted by molar-refractivity contribution is 6.05. The first-order chi connectivity index (χ1) is 13.4. The van der Waals surface area contributed by atoms with Crippen LogP contribution in [0.25, 0.3) is 0 Å². The Hall–Kier alpha value is -3.35. The molecule has 1 aliphatic rings. The lowest BCUT2D eigenvalue weighted by atomic mass is 10.1. The highest BCUT2D eigenvalue weighted by atomic mass is 16.5. The molecular weight excluding hydrogens is 360 g/mol. The fourth-order valence-electron chi connectivity index (χ4n) is 3.22. The van der Waals surface area contributed by atoms with Gasteiger partial charge in [-0.15, -0.1) is 0 Å². The summed E-state index contributed by atoms with van der Waals surface area (Å²) < 4.78 is 10.5. The number of nitrogens with zero attached hydrogens (tertiary/aromatic N) is 1. The molecule has 3 rings (SSSR count). The van der Waals surface area contributed by atoms with E-state index in [4.69, 9.17) is 9.47 Å². The van der Waals surface area contributed by atoms with Crippen molar-refractivity contribution in [2.45, 2.75) is 26.3 Å². The molecule has 2 aromatic carbocycles. The molecule has 7 nitrogen and oxygen atoms in total. The SMILES string of the molecule is COc1ccc(C)cc1C(=O)OCC(=O)N1c2ccccc2NC(=O)C[C@@H]1C. The summed E-state index contributed by atoms with van der Waals surface area (Å²) in [5, 5.41) is 2.79. The van der Waals surface area contributed by atoms with Gasteiger partial charge < -0.3 is 19.7 Å². The van der Waals surface area contributed by atoms with Crippen LogP contribution in [0.2, 0.25) is 0 Å². The quantitative estimate of drug-likeness (QED) is 0.822. The second-order valence-corrected chi connectivity index (χ2v) is 6.66. The number of carbonyl (C=O) groups is 3. The maximum absolute atomic E-state index is 12.9. The molecule has 2 amide bonds.